The number of quaternary nitrogens is 1. The third-order valence-corrected chi connectivity index (χ3v) is 0.499. The summed E-state index contributed by atoms with van der Waals surface area (Å²) in [4.78, 5) is 0. The van der Waals surface area contributed by atoms with Crippen LogP contribution in [0.5, 0.6) is 0 Å². The van der Waals surface area contributed by atoms with Crippen molar-refractivity contribution in [2.45, 2.75) is 0 Å². The Morgan fingerprint density at radius 3 is 2.43 bits per heavy atom. The first-order chi connectivity index (χ1) is 2.89. The van der Waals surface area contributed by atoms with Crippen molar-refractivity contribution >= 4 is 6.34 Å². The van der Waals surface area contributed by atoms with Gasteiger partial charge in [0, 0.05) is 5.22 Å². The van der Waals surface area contributed by atoms with Crippen molar-refractivity contribution in [3.05, 3.63) is 0 Å². The van der Waals surface area contributed by atoms with Gasteiger partial charge in [-0.2, -0.15) is 0 Å². The molecule has 0 bridgehead atoms. The predicted molar refractivity (Wildman–Crippen MR) is 20.2 cm³/mol. The van der Waals surface area contributed by atoms with E-state index in [1.807, 2.05) is 7.05 Å². The molecule has 0 amide bonds. The fraction of sp³-hybridized carbons (Fsp3) is 0.500. The van der Waals surface area contributed by atoms with E-state index < -0.39 is 0 Å². The van der Waals surface area contributed by atoms with Crippen molar-refractivity contribution in [3.63, 3.8) is 0 Å². The van der Waals surface area contributed by atoms with Gasteiger partial charge in [0.25, 0.3) is 0 Å². The standard InChI is InChI=1S/C2H4N4.ClH/c1-6-2-3-4-5-6;/h2H,1H3;1H. The fourth-order valence-corrected chi connectivity index (χ4v) is 0.232. The molecule has 0 aliphatic carbocycles. The van der Waals surface area contributed by atoms with Crippen molar-refractivity contribution < 1.29 is 17.4 Å². The zero-order valence-corrected chi connectivity index (χ0v) is 4.55. The summed E-state index contributed by atoms with van der Waals surface area (Å²) in [5, 5.41) is 11.2. The largest absolute Gasteiger partial charge is 1.00 e. The molecule has 0 saturated carbocycles. The molecule has 1 N–H and O–H groups in total. The second-order valence-electron chi connectivity index (χ2n) is 1.08. The third kappa shape index (κ3) is 1.61. The van der Waals surface area contributed by atoms with Gasteiger partial charge in [0.15, 0.2) is 0 Å². The van der Waals surface area contributed by atoms with Crippen LogP contribution in [-0.4, -0.2) is 13.4 Å². The first-order valence-corrected chi connectivity index (χ1v) is 1.67. The molecule has 4 nitrogen and oxygen atoms in total. The van der Waals surface area contributed by atoms with Crippen LogP contribution in [0.2, 0.25) is 0 Å². The van der Waals surface area contributed by atoms with Crippen LogP contribution in [0.15, 0.2) is 15.5 Å². The van der Waals surface area contributed by atoms with Crippen LogP contribution in [0, 0.1) is 0 Å². The molecular weight excluding hydrogens is 116 g/mol. The summed E-state index contributed by atoms with van der Waals surface area (Å²) in [6, 6.07) is 0. The maximum Gasteiger partial charge on any atom is 0.238 e. The van der Waals surface area contributed by atoms with E-state index in [2.05, 4.69) is 15.5 Å². The smallest absolute Gasteiger partial charge is 0.238 e. The van der Waals surface area contributed by atoms with Crippen LogP contribution in [0.1, 0.15) is 0 Å². The second kappa shape index (κ2) is 2.65. The Morgan fingerprint density at radius 1 is 1.57 bits per heavy atom. The third-order valence-electron chi connectivity index (χ3n) is 0.499. The van der Waals surface area contributed by atoms with Crippen molar-refractivity contribution in [1.29, 1.82) is 0 Å². The first kappa shape index (κ1) is 6.52. The molecule has 0 radical (unpaired) electrons. The van der Waals surface area contributed by atoms with Gasteiger partial charge in [-0.3, -0.25) is 0 Å². The highest BCUT2D eigenvalue weighted by Crippen LogP contribution is 1.67. The molecule has 0 aromatic heterocycles. The fourth-order valence-electron chi connectivity index (χ4n) is 0.232. The van der Waals surface area contributed by atoms with Crippen LogP contribution in [0.4, 0.5) is 0 Å². The summed E-state index contributed by atoms with van der Waals surface area (Å²) in [6.45, 7) is 0. The Labute approximate surface area is 47.3 Å². The molecule has 1 atom stereocenters. The van der Waals surface area contributed by atoms with Crippen molar-refractivity contribution in [2.75, 3.05) is 7.05 Å². The molecule has 0 fully saturated rings. The normalized spacial score (nSPS) is 25.0. The Bertz CT molecular complexity index is 85.9. The van der Waals surface area contributed by atoms with Crippen LogP contribution in [0.25, 0.3) is 0 Å². The van der Waals surface area contributed by atoms with Gasteiger partial charge in [-0.25, -0.2) is 0 Å². The van der Waals surface area contributed by atoms with Crippen LogP contribution in [-0.2, 0) is 0 Å². The quantitative estimate of drug-likeness (QED) is 0.337. The van der Waals surface area contributed by atoms with Crippen LogP contribution < -0.4 is 17.4 Å². The molecule has 1 unspecified atom stereocenters. The van der Waals surface area contributed by atoms with Crippen molar-refractivity contribution in [2.24, 2.45) is 15.5 Å². The highest BCUT2D eigenvalue weighted by atomic mass is 35.5. The second-order valence-corrected chi connectivity index (χ2v) is 1.08. The van der Waals surface area contributed by atoms with Gasteiger partial charge in [0.05, 0.1) is 12.3 Å². The Morgan fingerprint density at radius 2 is 2.29 bits per heavy atom. The van der Waals surface area contributed by atoms with Gasteiger partial charge < -0.3 is 12.4 Å². The van der Waals surface area contributed by atoms with Gasteiger partial charge in [-0.15, -0.1) is 5.01 Å². The van der Waals surface area contributed by atoms with Crippen LogP contribution in [0.3, 0.4) is 0 Å². The summed E-state index contributed by atoms with van der Waals surface area (Å²) >= 11 is 0. The first-order valence-electron chi connectivity index (χ1n) is 1.67. The van der Waals surface area contributed by atoms with E-state index in [9.17, 15) is 0 Å². The zero-order valence-electron chi connectivity index (χ0n) is 3.80. The Kier molecular flexibility index (Phi) is 2.47. The summed E-state index contributed by atoms with van der Waals surface area (Å²) in [7, 11) is 1.85. The molecule has 1 rings (SSSR count). The minimum Gasteiger partial charge on any atom is -1.00 e. The number of hydrogen-bond donors (Lipinski definition) is 1. The van der Waals surface area contributed by atoms with Gasteiger partial charge in [0.1, 0.15) is 0 Å². The number of halogens is 1. The molecule has 0 aromatic carbocycles. The molecule has 0 spiro atoms. The molecule has 1 heterocycles. The number of nitrogens with one attached hydrogen (secondary N) is 1. The van der Waals surface area contributed by atoms with Crippen molar-refractivity contribution in [1.82, 2.24) is 0 Å². The summed E-state index contributed by atoms with van der Waals surface area (Å²) in [6.07, 6.45) is 1.61. The minimum atomic E-state index is 0. The number of hydrogen-bond acceptors (Lipinski definition) is 3. The lowest BCUT2D eigenvalue weighted by Gasteiger charge is -1.80. The van der Waals surface area contributed by atoms with E-state index in [0.29, 0.717) is 0 Å². The van der Waals surface area contributed by atoms with E-state index in [4.69, 9.17) is 0 Å². The number of nitrogens with zero attached hydrogens (tertiary/aromatic N) is 3. The van der Waals surface area contributed by atoms with E-state index in [1.165, 1.54) is 0 Å². The van der Waals surface area contributed by atoms with Gasteiger partial charge in [-0.1, -0.05) is 5.10 Å². The maximum atomic E-state index is 3.56. The van der Waals surface area contributed by atoms with E-state index in [-0.39, 0.29) is 12.4 Å². The molecular formula is C2H5ClN4. The Balaban J connectivity index is 0.000000360. The van der Waals surface area contributed by atoms with E-state index in [0.717, 1.165) is 5.01 Å². The van der Waals surface area contributed by atoms with Crippen LogP contribution >= 0.6 is 0 Å². The zero-order chi connectivity index (χ0) is 4.41. The SMILES string of the molecule is C[NH+]1C=NN=N1.[Cl-]. The molecule has 7 heavy (non-hydrogen) atoms. The average molecular weight is 121 g/mol. The highest BCUT2D eigenvalue weighted by Gasteiger charge is 1.95. The molecule has 0 saturated heterocycles. The molecule has 5 heteroatoms. The van der Waals surface area contributed by atoms with E-state index >= 15 is 0 Å². The summed E-state index contributed by atoms with van der Waals surface area (Å²) < 4.78 is 0. The van der Waals surface area contributed by atoms with Gasteiger partial charge >= 0.3 is 0 Å². The topological polar surface area (TPSA) is 41.5 Å². The van der Waals surface area contributed by atoms with Gasteiger partial charge in [0.2, 0.25) is 6.34 Å². The molecule has 1 aliphatic heterocycles. The minimum absolute atomic E-state index is 0. The summed E-state index contributed by atoms with van der Waals surface area (Å²) in [5.41, 5.74) is 0. The molecule has 0 aromatic rings. The van der Waals surface area contributed by atoms with E-state index in [1.54, 1.807) is 6.34 Å². The summed E-state index contributed by atoms with van der Waals surface area (Å²) in [5.74, 6) is 0. The predicted octanol–water partition coefficient (Wildman–Crippen LogP) is -4.17. The Hall–Kier alpha value is -0.480. The molecule has 1 aliphatic rings. The maximum absolute atomic E-state index is 3.56. The highest BCUT2D eigenvalue weighted by molar-refractivity contribution is 5.42. The lowest BCUT2D eigenvalue weighted by atomic mass is 11.1. The van der Waals surface area contributed by atoms with Gasteiger partial charge in [-0.05, 0) is 0 Å². The average Bonchev–Trinajstić information content (AvgIpc) is 1.86. The lowest BCUT2D eigenvalue weighted by Crippen LogP contribution is -3.01. The lowest BCUT2D eigenvalue weighted by molar-refractivity contribution is -0.783. The van der Waals surface area contributed by atoms with Crippen molar-refractivity contribution in [3.8, 4) is 0 Å². The monoisotopic (exact) mass is 120 g/mol. The molecule has 40 valence electrons. The number of rotatable bonds is 0.